The van der Waals surface area contributed by atoms with Gasteiger partial charge in [-0.25, -0.2) is 13.4 Å². The highest BCUT2D eigenvalue weighted by Crippen LogP contribution is 2.21. The van der Waals surface area contributed by atoms with E-state index in [4.69, 9.17) is 0 Å². The molecule has 2 aromatic rings. The van der Waals surface area contributed by atoms with Crippen LogP contribution in [0.4, 0.5) is 0 Å². The lowest BCUT2D eigenvalue weighted by atomic mass is 10.2. The van der Waals surface area contributed by atoms with Gasteiger partial charge in [0, 0.05) is 39.3 Å². The summed E-state index contributed by atoms with van der Waals surface area (Å²) in [7, 11) is -1.50. The van der Waals surface area contributed by atoms with Gasteiger partial charge < -0.3 is 15.5 Å². The molecule has 1 saturated heterocycles. The predicted molar refractivity (Wildman–Crippen MR) is 134 cm³/mol. The molecule has 0 spiro atoms. The molecule has 2 N–H and O–H groups in total. The zero-order valence-electron chi connectivity index (χ0n) is 17.4. The van der Waals surface area contributed by atoms with Gasteiger partial charge in [-0.3, -0.25) is 0 Å². The van der Waals surface area contributed by atoms with Gasteiger partial charge in [0.25, 0.3) is 0 Å². The van der Waals surface area contributed by atoms with Crippen molar-refractivity contribution in [3.63, 3.8) is 0 Å². The Bertz CT molecular complexity index is 911. The molecule has 3 rings (SSSR count). The molecule has 7 nitrogen and oxygen atoms in total. The largest absolute Gasteiger partial charge is 0.357 e. The number of likely N-dealkylation sites (N-methyl/N-ethyl adjacent to an activating group) is 1. The Kier molecular flexibility index (Phi) is 10.0. The Labute approximate surface area is 200 Å². The van der Waals surface area contributed by atoms with Gasteiger partial charge in [-0.15, -0.1) is 24.0 Å². The number of hydrogen-bond donors (Lipinski definition) is 2. The maximum atomic E-state index is 13.2. The van der Waals surface area contributed by atoms with Crippen LogP contribution in [0.5, 0.6) is 0 Å². The van der Waals surface area contributed by atoms with Crippen molar-refractivity contribution < 1.29 is 8.42 Å². The Morgan fingerprint density at radius 2 is 1.87 bits per heavy atom. The van der Waals surface area contributed by atoms with Gasteiger partial charge in [0.2, 0.25) is 10.0 Å². The zero-order chi connectivity index (χ0) is 20.7. The lowest BCUT2D eigenvalue weighted by Crippen LogP contribution is -2.47. The van der Waals surface area contributed by atoms with E-state index in [1.807, 2.05) is 31.5 Å². The molecule has 1 fully saturated rings. The number of rotatable bonds is 7. The van der Waals surface area contributed by atoms with Gasteiger partial charge in [-0.2, -0.15) is 15.6 Å². The average molecular weight is 564 g/mol. The second-order valence-electron chi connectivity index (χ2n) is 7.00. The van der Waals surface area contributed by atoms with Crippen molar-refractivity contribution in [1.29, 1.82) is 0 Å². The molecule has 166 valence electrons. The molecule has 0 unspecified atom stereocenters. The summed E-state index contributed by atoms with van der Waals surface area (Å²) in [5.74, 6) is 0.672. The van der Waals surface area contributed by atoms with Gasteiger partial charge in [-0.05, 0) is 48.0 Å². The van der Waals surface area contributed by atoms with E-state index in [2.05, 4.69) is 32.0 Å². The standard InChI is InChI=1S/C20H29N5O2S2.HI/c1-3-21-20(22-14-17-8-13-28-16-17)23-15-18-6-4-5-7-19(18)29(26,27)25-11-9-24(2)10-12-25;/h4-8,13,16H,3,9-12,14-15H2,1-2H3,(H2,21,22,23);1H. The molecular weight excluding hydrogens is 533 g/mol. The summed E-state index contributed by atoms with van der Waals surface area (Å²) in [4.78, 5) is 7.11. The van der Waals surface area contributed by atoms with Crippen LogP contribution in [0.1, 0.15) is 18.1 Å². The smallest absolute Gasteiger partial charge is 0.243 e. The minimum absolute atomic E-state index is 0. The van der Waals surface area contributed by atoms with E-state index < -0.39 is 10.0 Å². The fraction of sp³-hybridized carbons (Fsp3) is 0.450. The van der Waals surface area contributed by atoms with Crippen LogP contribution in [-0.2, 0) is 23.1 Å². The number of nitrogens with one attached hydrogen (secondary N) is 2. The fourth-order valence-corrected chi connectivity index (χ4v) is 5.45. The SMILES string of the molecule is CCNC(=NCc1ccsc1)NCc1ccccc1S(=O)(=O)N1CCN(C)CC1.I. The lowest BCUT2D eigenvalue weighted by Gasteiger charge is -2.32. The van der Waals surface area contributed by atoms with Crippen molar-refractivity contribution in [2.75, 3.05) is 39.8 Å². The minimum Gasteiger partial charge on any atom is -0.357 e. The molecule has 0 radical (unpaired) electrons. The number of thiophene rings is 1. The summed E-state index contributed by atoms with van der Waals surface area (Å²) >= 11 is 1.65. The van der Waals surface area contributed by atoms with Gasteiger partial charge in [-0.1, -0.05) is 18.2 Å². The van der Waals surface area contributed by atoms with Crippen molar-refractivity contribution in [3.8, 4) is 0 Å². The van der Waals surface area contributed by atoms with Crippen LogP contribution in [-0.4, -0.2) is 63.4 Å². The van der Waals surface area contributed by atoms with Crippen molar-refractivity contribution in [1.82, 2.24) is 19.8 Å². The van der Waals surface area contributed by atoms with E-state index >= 15 is 0 Å². The highest BCUT2D eigenvalue weighted by Gasteiger charge is 2.29. The van der Waals surface area contributed by atoms with Crippen LogP contribution in [0, 0.1) is 0 Å². The maximum Gasteiger partial charge on any atom is 0.243 e. The summed E-state index contributed by atoms with van der Waals surface area (Å²) in [6, 6.07) is 9.26. The third-order valence-corrected chi connectivity index (χ3v) is 7.57. The lowest BCUT2D eigenvalue weighted by molar-refractivity contribution is 0.222. The Morgan fingerprint density at radius 3 is 2.53 bits per heavy atom. The van der Waals surface area contributed by atoms with Crippen LogP contribution >= 0.6 is 35.3 Å². The first kappa shape index (κ1) is 25.1. The predicted octanol–water partition coefficient (Wildman–Crippen LogP) is 2.56. The third kappa shape index (κ3) is 6.64. The summed E-state index contributed by atoms with van der Waals surface area (Å²) < 4.78 is 28.0. The van der Waals surface area contributed by atoms with E-state index in [0.29, 0.717) is 37.0 Å². The highest BCUT2D eigenvalue weighted by molar-refractivity contribution is 14.0. The summed E-state index contributed by atoms with van der Waals surface area (Å²) in [5.41, 5.74) is 1.90. The Balaban J connectivity index is 0.00000320. The van der Waals surface area contributed by atoms with E-state index in [1.54, 1.807) is 27.8 Å². The monoisotopic (exact) mass is 563 g/mol. The van der Waals surface area contributed by atoms with Gasteiger partial charge in [0.05, 0.1) is 11.4 Å². The highest BCUT2D eigenvalue weighted by atomic mass is 127. The van der Waals surface area contributed by atoms with Crippen molar-refractivity contribution in [2.45, 2.75) is 24.9 Å². The summed E-state index contributed by atoms with van der Waals surface area (Å²) in [5, 5.41) is 10.6. The van der Waals surface area contributed by atoms with Gasteiger partial charge >= 0.3 is 0 Å². The Hall–Kier alpha value is -1.21. The number of sulfonamides is 1. The summed E-state index contributed by atoms with van der Waals surface area (Å²) in [6.07, 6.45) is 0. The van der Waals surface area contributed by atoms with Crippen molar-refractivity contribution >= 4 is 51.3 Å². The number of benzene rings is 1. The van der Waals surface area contributed by atoms with Crippen molar-refractivity contribution in [2.24, 2.45) is 4.99 Å². The summed E-state index contributed by atoms with van der Waals surface area (Å²) in [6.45, 7) is 6.25. The van der Waals surface area contributed by atoms with Gasteiger partial charge in [0.15, 0.2) is 5.96 Å². The second-order valence-corrected chi connectivity index (χ2v) is 9.68. The van der Waals surface area contributed by atoms with E-state index in [-0.39, 0.29) is 24.0 Å². The van der Waals surface area contributed by atoms with E-state index in [1.165, 1.54) is 0 Å². The van der Waals surface area contributed by atoms with Gasteiger partial charge in [0.1, 0.15) is 0 Å². The molecule has 0 saturated carbocycles. The topological polar surface area (TPSA) is 77.0 Å². The molecule has 2 heterocycles. The Morgan fingerprint density at radius 1 is 1.13 bits per heavy atom. The van der Waals surface area contributed by atoms with Crippen molar-refractivity contribution in [3.05, 3.63) is 52.2 Å². The third-order valence-electron chi connectivity index (χ3n) is 4.84. The fourth-order valence-electron chi connectivity index (χ4n) is 3.14. The molecule has 1 aromatic carbocycles. The van der Waals surface area contributed by atoms with Crippen LogP contribution in [0.15, 0.2) is 51.0 Å². The number of hydrogen-bond acceptors (Lipinski definition) is 5. The van der Waals surface area contributed by atoms with Crippen LogP contribution in [0.3, 0.4) is 0 Å². The molecule has 1 aliphatic heterocycles. The molecular formula is C20H30IN5O2S2. The molecule has 0 bridgehead atoms. The number of halogens is 1. The van der Waals surface area contributed by atoms with E-state index in [0.717, 1.165) is 30.8 Å². The number of piperazine rings is 1. The molecule has 1 aromatic heterocycles. The second kappa shape index (κ2) is 12.0. The molecule has 0 atom stereocenters. The molecule has 10 heteroatoms. The number of guanidine groups is 1. The normalized spacial score (nSPS) is 16.1. The molecule has 0 amide bonds. The first-order chi connectivity index (χ1) is 14.0. The van der Waals surface area contributed by atoms with Crippen LogP contribution in [0.2, 0.25) is 0 Å². The number of nitrogens with zero attached hydrogens (tertiary/aromatic N) is 3. The average Bonchev–Trinajstić information content (AvgIpc) is 3.24. The molecule has 30 heavy (non-hydrogen) atoms. The van der Waals surface area contributed by atoms with Crippen LogP contribution in [0.25, 0.3) is 0 Å². The molecule has 0 aliphatic carbocycles. The van der Waals surface area contributed by atoms with E-state index in [9.17, 15) is 8.42 Å². The zero-order valence-corrected chi connectivity index (χ0v) is 21.3. The minimum atomic E-state index is -3.52. The quantitative estimate of drug-likeness (QED) is 0.308. The first-order valence-electron chi connectivity index (χ1n) is 9.80. The van der Waals surface area contributed by atoms with Crippen LogP contribution < -0.4 is 10.6 Å². The number of aliphatic imine (C=N–C) groups is 1. The maximum absolute atomic E-state index is 13.2. The first-order valence-corrected chi connectivity index (χ1v) is 12.2. The molecule has 1 aliphatic rings.